The number of amides is 1. The van der Waals surface area contributed by atoms with Crippen molar-refractivity contribution in [1.29, 1.82) is 0 Å². The van der Waals surface area contributed by atoms with E-state index >= 15 is 0 Å². The SMILES string of the molecule is COC(=O)[C@@H](NC(=O)c1ccc2cc(C#C[C@H]3CC3CO)ccc2c1)C(C)(C)N. The van der Waals surface area contributed by atoms with Crippen molar-refractivity contribution in [2.75, 3.05) is 13.7 Å². The molecule has 0 bridgehead atoms. The highest BCUT2D eigenvalue weighted by molar-refractivity contribution is 6.00. The minimum atomic E-state index is -0.968. The third-order valence-electron chi connectivity index (χ3n) is 5.12. The van der Waals surface area contributed by atoms with E-state index in [4.69, 9.17) is 15.6 Å². The van der Waals surface area contributed by atoms with Crippen LogP contribution in [0.1, 0.15) is 36.2 Å². The van der Waals surface area contributed by atoms with Gasteiger partial charge in [-0.15, -0.1) is 0 Å². The fraction of sp³-hybridized carbons (Fsp3) is 0.391. The first kappa shape index (κ1) is 20.8. The smallest absolute Gasteiger partial charge is 0.330 e. The van der Waals surface area contributed by atoms with E-state index < -0.39 is 23.5 Å². The molecule has 0 spiro atoms. The molecule has 2 aromatic rings. The number of aliphatic hydroxyl groups excluding tert-OH is 1. The standard InChI is InChI=1S/C23H26N2O4/c1-23(2,24)20(22(28)29-3)25-21(27)18-9-8-15-10-14(4-6-16(15)11-18)5-7-17-12-19(17)13-26/h4,6,8-11,17,19-20,26H,12-13,24H2,1-3H3,(H,25,27)/t17-,19?,20+/m0/s1. The highest BCUT2D eigenvalue weighted by atomic mass is 16.5. The van der Waals surface area contributed by atoms with Gasteiger partial charge >= 0.3 is 5.97 Å². The number of fused-ring (bicyclic) bond motifs is 1. The van der Waals surface area contributed by atoms with Crippen LogP contribution in [0.25, 0.3) is 10.8 Å². The van der Waals surface area contributed by atoms with Crippen molar-refractivity contribution in [3.63, 3.8) is 0 Å². The number of carbonyl (C=O) groups is 2. The predicted octanol–water partition coefficient (Wildman–Crippen LogP) is 1.83. The summed E-state index contributed by atoms with van der Waals surface area (Å²) < 4.78 is 4.76. The third kappa shape index (κ3) is 4.94. The summed E-state index contributed by atoms with van der Waals surface area (Å²) in [6.07, 6.45) is 0.960. The number of aliphatic hydroxyl groups is 1. The summed E-state index contributed by atoms with van der Waals surface area (Å²) >= 11 is 0. The topological polar surface area (TPSA) is 102 Å². The molecule has 0 saturated heterocycles. The third-order valence-corrected chi connectivity index (χ3v) is 5.12. The van der Waals surface area contributed by atoms with Gasteiger partial charge in [-0.3, -0.25) is 4.79 Å². The van der Waals surface area contributed by atoms with Gasteiger partial charge in [0, 0.05) is 29.2 Å². The van der Waals surface area contributed by atoms with Crippen LogP contribution < -0.4 is 11.1 Å². The average molecular weight is 394 g/mol. The van der Waals surface area contributed by atoms with E-state index in [2.05, 4.69) is 17.2 Å². The monoisotopic (exact) mass is 394 g/mol. The Morgan fingerprint density at radius 3 is 2.59 bits per heavy atom. The first-order valence-corrected chi connectivity index (χ1v) is 9.56. The number of nitrogens with one attached hydrogen (secondary N) is 1. The van der Waals surface area contributed by atoms with Crippen molar-refractivity contribution < 1.29 is 19.4 Å². The Kier molecular flexibility index (Phi) is 5.92. The molecule has 0 aromatic heterocycles. The normalized spacial score (nSPS) is 19.1. The van der Waals surface area contributed by atoms with E-state index in [-0.39, 0.29) is 12.5 Å². The maximum Gasteiger partial charge on any atom is 0.330 e. The van der Waals surface area contributed by atoms with Gasteiger partial charge in [-0.2, -0.15) is 0 Å². The summed E-state index contributed by atoms with van der Waals surface area (Å²) in [5.74, 6) is 5.97. The van der Waals surface area contributed by atoms with E-state index in [1.807, 2.05) is 24.3 Å². The first-order chi connectivity index (χ1) is 13.7. The number of hydrogen-bond donors (Lipinski definition) is 3. The Bertz CT molecular complexity index is 997. The summed E-state index contributed by atoms with van der Waals surface area (Å²) in [6.45, 7) is 3.50. The number of carbonyl (C=O) groups excluding carboxylic acids is 2. The predicted molar refractivity (Wildman–Crippen MR) is 111 cm³/mol. The van der Waals surface area contributed by atoms with Crippen molar-refractivity contribution in [2.45, 2.75) is 31.8 Å². The average Bonchev–Trinajstić information content (AvgIpc) is 3.47. The molecule has 29 heavy (non-hydrogen) atoms. The molecule has 1 saturated carbocycles. The van der Waals surface area contributed by atoms with Gasteiger partial charge in [-0.1, -0.05) is 24.0 Å². The van der Waals surface area contributed by atoms with E-state index in [1.165, 1.54) is 7.11 Å². The Hall–Kier alpha value is -2.88. The van der Waals surface area contributed by atoms with Crippen LogP contribution in [0, 0.1) is 23.7 Å². The highest BCUT2D eigenvalue weighted by Gasteiger charge is 2.35. The van der Waals surface area contributed by atoms with E-state index in [0.717, 1.165) is 22.8 Å². The van der Waals surface area contributed by atoms with Gasteiger partial charge in [-0.05, 0) is 61.2 Å². The molecule has 1 amide bonds. The molecule has 152 valence electrons. The van der Waals surface area contributed by atoms with Crippen LogP contribution in [0.3, 0.4) is 0 Å². The quantitative estimate of drug-likeness (QED) is 0.530. The Labute approximate surface area is 170 Å². The van der Waals surface area contributed by atoms with Gasteiger partial charge in [0.1, 0.15) is 6.04 Å². The molecule has 1 aliphatic carbocycles. The summed E-state index contributed by atoms with van der Waals surface area (Å²) in [7, 11) is 1.26. The molecular weight excluding hydrogens is 368 g/mol. The summed E-state index contributed by atoms with van der Waals surface area (Å²) in [4.78, 5) is 24.6. The molecule has 2 aromatic carbocycles. The highest BCUT2D eigenvalue weighted by Crippen LogP contribution is 2.37. The van der Waals surface area contributed by atoms with Crippen LogP contribution in [0.5, 0.6) is 0 Å². The second kappa shape index (κ2) is 8.24. The van der Waals surface area contributed by atoms with Crippen molar-refractivity contribution in [3.8, 4) is 11.8 Å². The maximum absolute atomic E-state index is 12.7. The van der Waals surface area contributed by atoms with Crippen LogP contribution in [-0.4, -0.2) is 42.3 Å². The number of methoxy groups -OCH3 is 1. The van der Waals surface area contributed by atoms with Gasteiger partial charge in [-0.25, -0.2) is 4.79 Å². The molecule has 4 N–H and O–H groups in total. The molecule has 3 rings (SSSR count). The Balaban J connectivity index is 1.77. The molecular formula is C23H26N2O4. The zero-order valence-corrected chi connectivity index (χ0v) is 16.9. The molecule has 0 radical (unpaired) electrons. The van der Waals surface area contributed by atoms with Crippen molar-refractivity contribution >= 4 is 22.6 Å². The van der Waals surface area contributed by atoms with Crippen molar-refractivity contribution in [3.05, 3.63) is 47.5 Å². The lowest BCUT2D eigenvalue weighted by molar-refractivity contribution is -0.144. The summed E-state index contributed by atoms with van der Waals surface area (Å²) in [6, 6.07) is 10.2. The fourth-order valence-corrected chi connectivity index (χ4v) is 3.15. The minimum absolute atomic E-state index is 0.195. The van der Waals surface area contributed by atoms with Gasteiger partial charge in [0.2, 0.25) is 0 Å². The zero-order chi connectivity index (χ0) is 21.2. The Morgan fingerprint density at radius 2 is 1.97 bits per heavy atom. The second-order valence-corrected chi connectivity index (χ2v) is 8.08. The zero-order valence-electron chi connectivity index (χ0n) is 16.9. The number of hydrogen-bond acceptors (Lipinski definition) is 5. The molecule has 6 heteroatoms. The summed E-state index contributed by atoms with van der Waals surface area (Å²) in [5.41, 5.74) is 6.38. The van der Waals surface area contributed by atoms with E-state index in [9.17, 15) is 9.59 Å². The lowest BCUT2D eigenvalue weighted by atomic mass is 9.95. The van der Waals surface area contributed by atoms with E-state index in [0.29, 0.717) is 11.5 Å². The Morgan fingerprint density at radius 1 is 1.28 bits per heavy atom. The van der Waals surface area contributed by atoms with Crippen LogP contribution in [0.15, 0.2) is 36.4 Å². The van der Waals surface area contributed by atoms with Gasteiger partial charge in [0.05, 0.1) is 7.11 Å². The fourth-order valence-electron chi connectivity index (χ4n) is 3.15. The number of esters is 1. The van der Waals surface area contributed by atoms with Crippen molar-refractivity contribution in [1.82, 2.24) is 5.32 Å². The second-order valence-electron chi connectivity index (χ2n) is 8.08. The minimum Gasteiger partial charge on any atom is -0.467 e. The van der Waals surface area contributed by atoms with Crippen molar-refractivity contribution in [2.24, 2.45) is 17.6 Å². The number of ether oxygens (including phenoxy) is 1. The van der Waals surface area contributed by atoms with Crippen LogP contribution in [0.4, 0.5) is 0 Å². The largest absolute Gasteiger partial charge is 0.467 e. The van der Waals surface area contributed by atoms with Gasteiger partial charge in [0.25, 0.3) is 5.91 Å². The van der Waals surface area contributed by atoms with Crippen LogP contribution in [0.2, 0.25) is 0 Å². The molecule has 0 heterocycles. The molecule has 1 fully saturated rings. The number of rotatable bonds is 5. The van der Waals surface area contributed by atoms with Crippen LogP contribution >= 0.6 is 0 Å². The molecule has 3 atom stereocenters. The van der Waals surface area contributed by atoms with Crippen LogP contribution in [-0.2, 0) is 9.53 Å². The number of benzene rings is 2. The molecule has 1 unspecified atom stereocenters. The first-order valence-electron chi connectivity index (χ1n) is 9.56. The summed E-state index contributed by atoms with van der Waals surface area (Å²) in [5, 5.41) is 13.6. The molecule has 0 aliphatic heterocycles. The van der Waals surface area contributed by atoms with Gasteiger partial charge < -0.3 is 20.9 Å². The maximum atomic E-state index is 12.7. The lowest BCUT2D eigenvalue weighted by Crippen LogP contribution is -2.59. The van der Waals surface area contributed by atoms with E-state index in [1.54, 1.807) is 26.0 Å². The molecule has 6 nitrogen and oxygen atoms in total. The lowest BCUT2D eigenvalue weighted by Gasteiger charge is -2.28. The number of nitrogens with two attached hydrogens (primary N) is 1. The molecule has 1 aliphatic rings. The van der Waals surface area contributed by atoms with Gasteiger partial charge in [0.15, 0.2) is 0 Å².